The van der Waals surface area contributed by atoms with E-state index in [4.69, 9.17) is 14.2 Å². The number of fused-ring (bicyclic) bond motifs is 5. The van der Waals surface area contributed by atoms with Crippen LogP contribution in [0.2, 0.25) is 0 Å². The number of hydrogen-bond acceptors (Lipinski definition) is 9. The molecule has 4 aliphatic carbocycles. The fraction of sp³-hybridized carbons (Fsp3) is 0.600. The molecule has 1 aromatic rings. The Hall–Kier alpha value is -3.50. The Morgan fingerprint density at radius 1 is 1.07 bits per heavy atom. The summed E-state index contributed by atoms with van der Waals surface area (Å²) in [5.74, 6) is -0.419. The van der Waals surface area contributed by atoms with Crippen LogP contribution in [0.3, 0.4) is 0 Å². The van der Waals surface area contributed by atoms with Crippen molar-refractivity contribution in [3.05, 3.63) is 47.6 Å². The van der Waals surface area contributed by atoms with E-state index < -0.39 is 40.9 Å². The third kappa shape index (κ3) is 5.94. The largest absolute Gasteiger partial charge is 0.493 e. The number of allylic oxidation sites excluding steroid dienone is 4. The van der Waals surface area contributed by atoms with Crippen LogP contribution in [0.25, 0.3) is 0 Å². The first-order valence-corrected chi connectivity index (χ1v) is 15.9. The van der Waals surface area contributed by atoms with Crippen molar-refractivity contribution < 1.29 is 43.6 Å². The second-order valence-electron chi connectivity index (χ2n) is 13.5. The molecular formula is C35H45NO9. The van der Waals surface area contributed by atoms with Crippen LogP contribution in [0.15, 0.2) is 42.0 Å². The lowest BCUT2D eigenvalue weighted by molar-refractivity contribution is -0.181. The Morgan fingerprint density at radius 3 is 2.56 bits per heavy atom. The van der Waals surface area contributed by atoms with Gasteiger partial charge >= 0.3 is 5.97 Å². The highest BCUT2D eigenvalue weighted by Gasteiger charge is 2.68. The van der Waals surface area contributed by atoms with Gasteiger partial charge in [0, 0.05) is 29.7 Å². The lowest BCUT2D eigenvalue weighted by Crippen LogP contribution is -2.61. The van der Waals surface area contributed by atoms with Gasteiger partial charge in [-0.3, -0.25) is 19.2 Å². The van der Waals surface area contributed by atoms with Crippen LogP contribution in [0.5, 0.6) is 11.5 Å². The summed E-state index contributed by atoms with van der Waals surface area (Å²) in [6, 6.07) is 5.52. The molecule has 3 fully saturated rings. The van der Waals surface area contributed by atoms with Crippen molar-refractivity contribution >= 4 is 23.4 Å². The SMILES string of the molecule is COc1ccc(CCNC(=O)CCC(=O)OCC(=O)[C@@]2(O)CC[C@H]3[C@@H]4CCC5=CC(=O)C=C[C@]5(C)[C@H]4[C@@H](O)C[C@@]32C)cc1OC. The molecule has 1 aromatic carbocycles. The zero-order chi connectivity index (χ0) is 32.6. The second-order valence-corrected chi connectivity index (χ2v) is 13.5. The molecule has 10 heteroatoms. The molecule has 1 amide bonds. The number of carbonyl (C=O) groups excluding carboxylic acids is 4. The number of ketones is 2. The summed E-state index contributed by atoms with van der Waals surface area (Å²) in [6.45, 7) is 3.74. The number of nitrogens with one attached hydrogen (secondary N) is 1. The van der Waals surface area contributed by atoms with Crippen molar-refractivity contribution in [3.63, 3.8) is 0 Å². The van der Waals surface area contributed by atoms with Gasteiger partial charge < -0.3 is 29.7 Å². The summed E-state index contributed by atoms with van der Waals surface area (Å²) in [6.07, 6.45) is 7.33. The molecule has 0 bridgehead atoms. The van der Waals surface area contributed by atoms with Crippen molar-refractivity contribution in [3.8, 4) is 11.5 Å². The topological polar surface area (TPSA) is 148 Å². The summed E-state index contributed by atoms with van der Waals surface area (Å²) in [5.41, 5.74) is -1.05. The number of hydrogen-bond donors (Lipinski definition) is 3. The average Bonchev–Trinajstić information content (AvgIpc) is 3.29. The number of aliphatic hydroxyl groups is 2. The van der Waals surface area contributed by atoms with E-state index in [0.717, 1.165) is 24.0 Å². The van der Waals surface area contributed by atoms with E-state index in [-0.39, 0.29) is 55.1 Å². The van der Waals surface area contributed by atoms with Crippen LogP contribution in [-0.2, 0) is 30.3 Å². The zero-order valence-corrected chi connectivity index (χ0v) is 26.6. The quantitative estimate of drug-likeness (QED) is 0.316. The van der Waals surface area contributed by atoms with Crippen molar-refractivity contribution in [2.75, 3.05) is 27.4 Å². The number of aliphatic hydroxyl groups excluding tert-OH is 1. The molecule has 45 heavy (non-hydrogen) atoms. The van der Waals surface area contributed by atoms with Crippen molar-refractivity contribution in [1.29, 1.82) is 0 Å². The van der Waals surface area contributed by atoms with E-state index in [1.807, 2.05) is 25.1 Å². The Bertz CT molecular complexity index is 1420. The Labute approximate surface area is 264 Å². The summed E-state index contributed by atoms with van der Waals surface area (Å²) in [5, 5.41) is 26.1. The zero-order valence-electron chi connectivity index (χ0n) is 26.6. The normalized spacial score (nSPS) is 33.3. The van der Waals surface area contributed by atoms with E-state index in [1.165, 1.54) is 0 Å². The summed E-state index contributed by atoms with van der Waals surface area (Å²) < 4.78 is 15.8. The maximum absolute atomic E-state index is 13.5. The van der Waals surface area contributed by atoms with Gasteiger partial charge in [0.2, 0.25) is 11.7 Å². The molecule has 0 radical (unpaired) electrons. The Balaban J connectivity index is 1.11. The third-order valence-electron chi connectivity index (χ3n) is 11.2. The number of Topliss-reactive ketones (excluding diaryl/α,β-unsaturated/α-hetero) is 1. The molecule has 244 valence electrons. The molecule has 0 spiro atoms. The van der Waals surface area contributed by atoms with Crippen molar-refractivity contribution in [2.45, 2.75) is 76.9 Å². The first kappa shape index (κ1) is 32.9. The maximum atomic E-state index is 13.5. The van der Waals surface area contributed by atoms with Crippen LogP contribution in [0.4, 0.5) is 0 Å². The van der Waals surface area contributed by atoms with Gasteiger partial charge in [0.1, 0.15) is 5.60 Å². The van der Waals surface area contributed by atoms with Crippen LogP contribution in [0.1, 0.15) is 64.4 Å². The maximum Gasteiger partial charge on any atom is 0.306 e. The molecule has 0 heterocycles. The third-order valence-corrected chi connectivity index (χ3v) is 11.2. The lowest BCUT2D eigenvalue weighted by Gasteiger charge is -2.59. The highest BCUT2D eigenvalue weighted by atomic mass is 16.5. The first-order chi connectivity index (χ1) is 21.4. The first-order valence-electron chi connectivity index (χ1n) is 15.9. The van der Waals surface area contributed by atoms with Gasteiger partial charge in [0.05, 0.1) is 26.7 Å². The van der Waals surface area contributed by atoms with E-state index in [2.05, 4.69) is 12.2 Å². The minimum Gasteiger partial charge on any atom is -0.493 e. The van der Waals surface area contributed by atoms with E-state index in [9.17, 15) is 29.4 Å². The molecular weight excluding hydrogens is 578 g/mol. The standard InChI is InChI=1S/C35H45NO9/c1-33-14-11-23(37)18-22(33)6-7-24-25-12-15-35(42,34(25,2)19-26(38)32(24)33)29(39)20-45-31(41)10-9-30(40)36-16-13-21-5-8-27(43-3)28(17-21)44-4/h5,8,11,14,17-18,24-26,32,38,42H,6-7,9-10,12-13,15-16,19-20H2,1-4H3,(H,36,40)/t24-,25-,26-,32+,33-,34-,35-/m0/s1. The van der Waals surface area contributed by atoms with Gasteiger partial charge in [-0.1, -0.05) is 31.6 Å². The van der Waals surface area contributed by atoms with Crippen LogP contribution < -0.4 is 14.8 Å². The number of benzene rings is 1. The lowest BCUT2D eigenvalue weighted by atomic mass is 9.46. The second kappa shape index (κ2) is 12.7. The molecule has 5 rings (SSSR count). The number of methoxy groups -OCH3 is 2. The molecule has 0 unspecified atom stereocenters. The predicted octanol–water partition coefficient (Wildman–Crippen LogP) is 3.26. The van der Waals surface area contributed by atoms with Gasteiger partial charge in [0.15, 0.2) is 23.9 Å². The monoisotopic (exact) mass is 623 g/mol. The molecule has 3 saturated carbocycles. The minimum atomic E-state index is -1.74. The Kier molecular flexibility index (Phi) is 9.29. The average molecular weight is 624 g/mol. The number of carbonyl (C=O) groups is 4. The number of amides is 1. The van der Waals surface area contributed by atoms with Crippen molar-refractivity contribution in [2.24, 2.45) is 28.6 Å². The fourth-order valence-corrected chi connectivity index (χ4v) is 8.81. The van der Waals surface area contributed by atoms with Crippen molar-refractivity contribution in [1.82, 2.24) is 5.32 Å². The highest BCUT2D eigenvalue weighted by Crippen LogP contribution is 2.67. The predicted molar refractivity (Wildman–Crippen MR) is 164 cm³/mol. The Morgan fingerprint density at radius 2 is 1.82 bits per heavy atom. The smallest absolute Gasteiger partial charge is 0.306 e. The molecule has 7 atom stereocenters. The number of ether oxygens (including phenoxy) is 3. The van der Waals surface area contributed by atoms with Crippen LogP contribution in [0, 0.1) is 28.6 Å². The number of rotatable bonds is 11. The van der Waals surface area contributed by atoms with Gasteiger partial charge in [0.25, 0.3) is 0 Å². The van der Waals surface area contributed by atoms with Gasteiger partial charge in [-0.25, -0.2) is 0 Å². The van der Waals surface area contributed by atoms with Gasteiger partial charge in [-0.15, -0.1) is 0 Å². The van der Waals surface area contributed by atoms with E-state index >= 15 is 0 Å². The minimum absolute atomic E-state index is 0.00246. The highest BCUT2D eigenvalue weighted by molar-refractivity contribution is 6.01. The van der Waals surface area contributed by atoms with Gasteiger partial charge in [-0.05, 0) is 80.2 Å². The summed E-state index contributed by atoms with van der Waals surface area (Å²) >= 11 is 0. The van der Waals surface area contributed by atoms with E-state index in [1.54, 1.807) is 32.4 Å². The van der Waals surface area contributed by atoms with E-state index in [0.29, 0.717) is 30.9 Å². The molecule has 0 aliphatic heterocycles. The molecule has 3 N–H and O–H groups in total. The summed E-state index contributed by atoms with van der Waals surface area (Å²) in [7, 11) is 3.12. The van der Waals surface area contributed by atoms with Gasteiger partial charge in [-0.2, -0.15) is 0 Å². The number of esters is 1. The molecule has 4 aliphatic rings. The molecule has 0 aromatic heterocycles. The molecule has 0 saturated heterocycles. The molecule has 10 nitrogen and oxygen atoms in total. The van der Waals surface area contributed by atoms with Crippen LogP contribution >= 0.6 is 0 Å². The summed E-state index contributed by atoms with van der Waals surface area (Å²) in [4.78, 5) is 50.3. The fourth-order valence-electron chi connectivity index (χ4n) is 8.81. The van der Waals surface area contributed by atoms with Crippen LogP contribution in [-0.4, -0.2) is 72.7 Å².